The number of aryl methyl sites for hydroxylation is 1. The standard InChI is InChI=1S/C27H22FNO6/c1-15-13-16(7-9-19(15)28)25(30)23-24(18-5-3-4-6-20(18)33-2)29(27(32)26(23)31)17-8-10-21-22(14-17)35-12-11-34-21/h3-10,13-14,24,30H,11-12H2,1-2H3/b25-23+. The number of halogens is 1. The Labute approximate surface area is 201 Å². The summed E-state index contributed by atoms with van der Waals surface area (Å²) in [6.45, 7) is 2.32. The summed E-state index contributed by atoms with van der Waals surface area (Å²) in [5.74, 6) is -1.12. The van der Waals surface area contributed by atoms with E-state index in [0.29, 0.717) is 47.3 Å². The highest BCUT2D eigenvalue weighted by atomic mass is 19.1. The number of benzene rings is 3. The first kappa shape index (κ1) is 22.5. The van der Waals surface area contributed by atoms with Gasteiger partial charge in [-0.3, -0.25) is 14.5 Å². The first-order chi connectivity index (χ1) is 16.9. The van der Waals surface area contributed by atoms with Crippen LogP contribution in [0.5, 0.6) is 17.2 Å². The number of hydrogen-bond acceptors (Lipinski definition) is 6. The molecule has 8 heteroatoms. The number of aliphatic hydroxyl groups excluding tert-OH is 1. The number of ether oxygens (including phenoxy) is 3. The second-order valence-corrected chi connectivity index (χ2v) is 8.20. The maximum atomic E-state index is 13.9. The van der Waals surface area contributed by atoms with E-state index in [4.69, 9.17) is 14.2 Å². The molecular weight excluding hydrogens is 453 g/mol. The smallest absolute Gasteiger partial charge is 0.300 e. The Balaban J connectivity index is 1.73. The van der Waals surface area contributed by atoms with Crippen LogP contribution in [0, 0.1) is 12.7 Å². The summed E-state index contributed by atoms with van der Waals surface area (Å²) in [6, 6.07) is 14.9. The number of rotatable bonds is 4. The van der Waals surface area contributed by atoms with Crippen LogP contribution in [0.4, 0.5) is 10.1 Å². The topological polar surface area (TPSA) is 85.3 Å². The van der Waals surface area contributed by atoms with Gasteiger partial charge in [-0.05, 0) is 48.9 Å². The normalized spacial score (nSPS) is 18.6. The average Bonchev–Trinajstić information content (AvgIpc) is 3.15. The highest BCUT2D eigenvalue weighted by Crippen LogP contribution is 2.46. The zero-order valence-corrected chi connectivity index (χ0v) is 19.1. The van der Waals surface area contributed by atoms with Crippen molar-refractivity contribution < 1.29 is 33.3 Å². The Bertz CT molecular complexity index is 1380. The van der Waals surface area contributed by atoms with Crippen molar-refractivity contribution in [3.05, 3.63) is 88.7 Å². The molecule has 3 aromatic carbocycles. The summed E-state index contributed by atoms with van der Waals surface area (Å²) in [5.41, 5.74) is 1.29. The van der Waals surface area contributed by atoms with Gasteiger partial charge in [0, 0.05) is 22.9 Å². The largest absolute Gasteiger partial charge is 0.507 e. The quantitative estimate of drug-likeness (QED) is 0.339. The van der Waals surface area contributed by atoms with Gasteiger partial charge in [-0.25, -0.2) is 4.39 Å². The van der Waals surface area contributed by atoms with Crippen molar-refractivity contribution in [3.8, 4) is 17.2 Å². The van der Waals surface area contributed by atoms with Crippen LogP contribution in [0.1, 0.15) is 22.7 Å². The summed E-state index contributed by atoms with van der Waals surface area (Å²) in [4.78, 5) is 28.0. The lowest BCUT2D eigenvalue weighted by atomic mass is 9.94. The number of methoxy groups -OCH3 is 1. The highest BCUT2D eigenvalue weighted by molar-refractivity contribution is 6.51. The van der Waals surface area contributed by atoms with Crippen LogP contribution >= 0.6 is 0 Å². The summed E-state index contributed by atoms with van der Waals surface area (Å²) in [5, 5.41) is 11.2. The number of amides is 1. The molecule has 35 heavy (non-hydrogen) atoms. The zero-order chi connectivity index (χ0) is 24.7. The third kappa shape index (κ3) is 3.77. The molecule has 0 saturated carbocycles. The van der Waals surface area contributed by atoms with Crippen molar-refractivity contribution in [1.82, 2.24) is 0 Å². The fraction of sp³-hybridized carbons (Fsp3) is 0.185. The molecule has 178 valence electrons. The van der Waals surface area contributed by atoms with E-state index in [9.17, 15) is 19.1 Å². The number of carbonyl (C=O) groups is 2. The van der Waals surface area contributed by atoms with Gasteiger partial charge >= 0.3 is 0 Å². The van der Waals surface area contributed by atoms with Crippen LogP contribution < -0.4 is 19.1 Å². The fourth-order valence-electron chi connectivity index (χ4n) is 4.41. The third-order valence-corrected chi connectivity index (χ3v) is 6.11. The zero-order valence-electron chi connectivity index (χ0n) is 19.1. The fourth-order valence-corrected chi connectivity index (χ4v) is 4.41. The molecule has 0 aromatic heterocycles. The van der Waals surface area contributed by atoms with Gasteiger partial charge in [0.1, 0.15) is 30.5 Å². The van der Waals surface area contributed by atoms with Gasteiger partial charge in [0.25, 0.3) is 11.7 Å². The molecule has 1 unspecified atom stereocenters. The Kier molecular flexibility index (Phi) is 5.64. The van der Waals surface area contributed by atoms with E-state index in [1.807, 2.05) is 0 Å². The van der Waals surface area contributed by atoms with E-state index in [2.05, 4.69) is 0 Å². The molecule has 0 bridgehead atoms. The van der Waals surface area contributed by atoms with Gasteiger partial charge in [-0.2, -0.15) is 0 Å². The number of Topliss-reactive ketones (excluding diaryl/α,β-unsaturated/α-hetero) is 1. The molecular formula is C27H22FNO6. The summed E-state index contributed by atoms with van der Waals surface area (Å²) >= 11 is 0. The minimum atomic E-state index is -1.00. The number of nitrogens with zero attached hydrogens (tertiary/aromatic N) is 1. The molecule has 2 aliphatic rings. The van der Waals surface area contributed by atoms with Crippen molar-refractivity contribution >= 4 is 23.1 Å². The molecule has 2 aliphatic heterocycles. The second-order valence-electron chi connectivity index (χ2n) is 8.20. The van der Waals surface area contributed by atoms with E-state index < -0.39 is 29.3 Å². The lowest BCUT2D eigenvalue weighted by Crippen LogP contribution is -2.30. The minimum absolute atomic E-state index is 0.125. The summed E-state index contributed by atoms with van der Waals surface area (Å²) in [6.07, 6.45) is 0. The molecule has 1 atom stereocenters. The van der Waals surface area contributed by atoms with Crippen molar-refractivity contribution in [1.29, 1.82) is 0 Å². The number of ketones is 1. The van der Waals surface area contributed by atoms with E-state index in [1.165, 1.54) is 30.2 Å². The van der Waals surface area contributed by atoms with Crippen molar-refractivity contribution in [2.45, 2.75) is 13.0 Å². The minimum Gasteiger partial charge on any atom is -0.507 e. The predicted octanol–water partition coefficient (Wildman–Crippen LogP) is 4.54. The van der Waals surface area contributed by atoms with Crippen molar-refractivity contribution in [2.75, 3.05) is 25.2 Å². The van der Waals surface area contributed by atoms with E-state index in [0.717, 1.165) is 0 Å². The van der Waals surface area contributed by atoms with Crippen molar-refractivity contribution in [2.24, 2.45) is 0 Å². The first-order valence-electron chi connectivity index (χ1n) is 11.0. The van der Waals surface area contributed by atoms with Gasteiger partial charge in [-0.1, -0.05) is 18.2 Å². The van der Waals surface area contributed by atoms with Crippen LogP contribution in [-0.2, 0) is 9.59 Å². The van der Waals surface area contributed by atoms with Gasteiger partial charge in [0.05, 0.1) is 18.7 Å². The second kappa shape index (κ2) is 8.79. The van der Waals surface area contributed by atoms with E-state index >= 15 is 0 Å². The molecule has 1 fully saturated rings. The molecule has 3 aromatic rings. The third-order valence-electron chi connectivity index (χ3n) is 6.11. The van der Waals surface area contributed by atoms with E-state index in [-0.39, 0.29) is 11.1 Å². The molecule has 0 spiro atoms. The molecule has 1 amide bonds. The number of aliphatic hydroxyl groups is 1. The Morgan fingerprint density at radius 2 is 1.77 bits per heavy atom. The Morgan fingerprint density at radius 1 is 1.03 bits per heavy atom. The van der Waals surface area contributed by atoms with Crippen LogP contribution in [0.25, 0.3) is 5.76 Å². The maximum Gasteiger partial charge on any atom is 0.300 e. The monoisotopic (exact) mass is 475 g/mol. The first-order valence-corrected chi connectivity index (χ1v) is 11.0. The predicted molar refractivity (Wildman–Crippen MR) is 126 cm³/mol. The molecule has 1 saturated heterocycles. The number of para-hydroxylation sites is 1. The molecule has 7 nitrogen and oxygen atoms in total. The van der Waals surface area contributed by atoms with Gasteiger partial charge in [-0.15, -0.1) is 0 Å². The van der Waals surface area contributed by atoms with Crippen LogP contribution in [0.15, 0.2) is 66.2 Å². The number of anilines is 1. The van der Waals surface area contributed by atoms with Gasteiger partial charge in [0.15, 0.2) is 11.5 Å². The highest BCUT2D eigenvalue weighted by Gasteiger charge is 2.48. The van der Waals surface area contributed by atoms with Crippen molar-refractivity contribution in [3.63, 3.8) is 0 Å². The molecule has 0 radical (unpaired) electrons. The van der Waals surface area contributed by atoms with Gasteiger partial charge < -0.3 is 19.3 Å². The van der Waals surface area contributed by atoms with Crippen LogP contribution in [0.3, 0.4) is 0 Å². The molecule has 5 rings (SSSR count). The summed E-state index contributed by atoms with van der Waals surface area (Å²) in [7, 11) is 1.48. The Hall–Kier alpha value is -4.33. The van der Waals surface area contributed by atoms with Crippen LogP contribution in [0.2, 0.25) is 0 Å². The SMILES string of the molecule is COc1ccccc1C1/C(=C(\O)c2ccc(F)c(C)c2)C(=O)C(=O)N1c1ccc2c(c1)OCCO2. The molecule has 2 heterocycles. The molecule has 0 aliphatic carbocycles. The lowest BCUT2D eigenvalue weighted by molar-refractivity contribution is -0.132. The van der Waals surface area contributed by atoms with Crippen LogP contribution in [-0.4, -0.2) is 37.1 Å². The number of carbonyl (C=O) groups excluding carboxylic acids is 2. The summed E-state index contributed by atoms with van der Waals surface area (Å²) < 4.78 is 30.6. The number of hydrogen-bond donors (Lipinski definition) is 1. The number of fused-ring (bicyclic) bond motifs is 1. The lowest BCUT2D eigenvalue weighted by Gasteiger charge is -2.28. The van der Waals surface area contributed by atoms with Gasteiger partial charge in [0.2, 0.25) is 0 Å². The Morgan fingerprint density at radius 3 is 2.51 bits per heavy atom. The molecule has 1 N–H and O–H groups in total. The maximum absolute atomic E-state index is 13.9. The van der Waals surface area contributed by atoms with E-state index in [1.54, 1.807) is 49.4 Å². The average molecular weight is 475 g/mol.